The van der Waals surface area contributed by atoms with Crippen LogP contribution in [0.2, 0.25) is 0 Å². The Morgan fingerprint density at radius 3 is 2.59 bits per heavy atom. The fourth-order valence-electron chi connectivity index (χ4n) is 5.49. The number of benzene rings is 1. The summed E-state index contributed by atoms with van der Waals surface area (Å²) in [5.74, 6) is -1.19. The summed E-state index contributed by atoms with van der Waals surface area (Å²) in [5.41, 5.74) is 1.18. The van der Waals surface area contributed by atoms with Crippen LogP contribution in [-0.4, -0.2) is 70.7 Å². The molecule has 1 fully saturated rings. The molecule has 3 aliphatic rings. The third kappa shape index (κ3) is 4.74. The number of rotatable bonds is 8. The van der Waals surface area contributed by atoms with E-state index < -0.39 is 35.9 Å². The molecule has 1 saturated carbocycles. The number of carbonyl (C=O) groups excluding carboxylic acids is 3. The Labute approximate surface area is 200 Å². The van der Waals surface area contributed by atoms with E-state index in [9.17, 15) is 24.6 Å². The van der Waals surface area contributed by atoms with Crippen molar-refractivity contribution in [3.63, 3.8) is 0 Å². The van der Waals surface area contributed by atoms with Crippen molar-refractivity contribution in [2.24, 2.45) is 5.92 Å². The van der Waals surface area contributed by atoms with Crippen molar-refractivity contribution in [1.82, 2.24) is 10.2 Å². The Hall–Kier alpha value is -2.71. The van der Waals surface area contributed by atoms with Gasteiger partial charge in [0, 0.05) is 30.6 Å². The molecule has 34 heavy (non-hydrogen) atoms. The summed E-state index contributed by atoms with van der Waals surface area (Å²) in [5, 5.41) is 23.3. The lowest BCUT2D eigenvalue weighted by molar-refractivity contribution is -0.149. The smallest absolute Gasteiger partial charge is 0.290 e. The molecule has 2 amide bonds. The van der Waals surface area contributed by atoms with Gasteiger partial charge in [0.25, 0.3) is 5.91 Å². The number of para-hydroxylation sites is 1. The quantitative estimate of drug-likeness (QED) is 0.498. The van der Waals surface area contributed by atoms with Crippen LogP contribution < -0.4 is 10.1 Å². The lowest BCUT2D eigenvalue weighted by Gasteiger charge is -2.42. The molecule has 8 nitrogen and oxygen atoms in total. The highest BCUT2D eigenvalue weighted by Crippen LogP contribution is 2.47. The maximum atomic E-state index is 13.2. The summed E-state index contributed by atoms with van der Waals surface area (Å²) in [4.78, 5) is 40.3. The molecule has 1 aromatic carbocycles. The van der Waals surface area contributed by atoms with Gasteiger partial charge in [-0.1, -0.05) is 44.4 Å². The molecule has 3 N–H and O–H groups in total. The van der Waals surface area contributed by atoms with Gasteiger partial charge in [-0.25, -0.2) is 0 Å². The Bertz CT molecular complexity index is 954. The molecular weight excluding hydrogens is 436 g/mol. The highest BCUT2D eigenvalue weighted by Gasteiger charge is 2.50. The first-order valence-corrected chi connectivity index (χ1v) is 12.3. The first-order chi connectivity index (χ1) is 16.5. The molecule has 8 heteroatoms. The summed E-state index contributed by atoms with van der Waals surface area (Å²) in [6.07, 6.45) is 5.09. The second-order valence-corrected chi connectivity index (χ2v) is 9.42. The van der Waals surface area contributed by atoms with E-state index in [1.807, 2.05) is 18.2 Å². The van der Waals surface area contributed by atoms with Gasteiger partial charge >= 0.3 is 0 Å². The predicted molar refractivity (Wildman–Crippen MR) is 125 cm³/mol. The molecule has 4 atom stereocenters. The fourth-order valence-corrected chi connectivity index (χ4v) is 5.49. The minimum absolute atomic E-state index is 0.0738. The molecule has 2 aliphatic carbocycles. The average molecular weight is 471 g/mol. The monoisotopic (exact) mass is 470 g/mol. The molecule has 0 saturated heterocycles. The van der Waals surface area contributed by atoms with Crippen LogP contribution in [0, 0.1) is 5.92 Å². The Morgan fingerprint density at radius 2 is 1.88 bits per heavy atom. The summed E-state index contributed by atoms with van der Waals surface area (Å²) in [7, 11) is 0. The number of Topliss-reactive ketones (excluding diaryl/α,β-unsaturated/α-hetero) is 1. The standard InChI is InChI=1S/C26H34N2O6/c1-2-20(30)26(33)28(15-16-8-4-3-5-9-16)19-14-18(25(32)27-12-13-29)22-17-10-6-7-11-21(17)34-24(22)23(19)31/h6-7,10-11,14,16,19,22-24,29,31H,2-5,8-9,12-13,15H2,1H3,(H,27,32). The number of hydrogen-bond acceptors (Lipinski definition) is 6. The predicted octanol–water partition coefficient (Wildman–Crippen LogP) is 1.70. The van der Waals surface area contributed by atoms with Crippen LogP contribution in [0.1, 0.15) is 56.9 Å². The van der Waals surface area contributed by atoms with Gasteiger partial charge in [0.2, 0.25) is 11.7 Å². The van der Waals surface area contributed by atoms with E-state index in [2.05, 4.69) is 5.32 Å². The number of fused-ring (bicyclic) bond motifs is 3. The lowest BCUT2D eigenvalue weighted by Crippen LogP contribution is -2.57. The molecule has 184 valence electrons. The second-order valence-electron chi connectivity index (χ2n) is 9.42. The van der Waals surface area contributed by atoms with Crippen LogP contribution in [0.15, 0.2) is 35.9 Å². The van der Waals surface area contributed by atoms with Crippen molar-refractivity contribution in [2.75, 3.05) is 19.7 Å². The Morgan fingerprint density at radius 1 is 1.15 bits per heavy atom. The van der Waals surface area contributed by atoms with Crippen LogP contribution in [0.5, 0.6) is 5.75 Å². The average Bonchev–Trinajstić information content (AvgIpc) is 3.26. The van der Waals surface area contributed by atoms with Crippen LogP contribution >= 0.6 is 0 Å². The minimum atomic E-state index is -1.11. The summed E-state index contributed by atoms with van der Waals surface area (Å²) in [6.45, 7) is 1.89. The maximum Gasteiger partial charge on any atom is 0.290 e. The highest BCUT2D eigenvalue weighted by atomic mass is 16.5. The van der Waals surface area contributed by atoms with E-state index in [1.165, 1.54) is 4.90 Å². The number of carbonyl (C=O) groups is 3. The van der Waals surface area contributed by atoms with Crippen molar-refractivity contribution < 1.29 is 29.3 Å². The number of aliphatic hydroxyl groups excluding tert-OH is 2. The SMILES string of the molecule is CCC(=O)C(=O)N(CC1CCCCC1)C1C=C(C(=O)NCCO)C2c3ccccc3OC2C1O. The van der Waals surface area contributed by atoms with Crippen LogP contribution in [0.25, 0.3) is 0 Å². The lowest BCUT2D eigenvalue weighted by atomic mass is 9.77. The van der Waals surface area contributed by atoms with Crippen molar-refractivity contribution in [3.8, 4) is 5.75 Å². The summed E-state index contributed by atoms with van der Waals surface area (Å²) in [6, 6.07) is 6.48. The van der Waals surface area contributed by atoms with Crippen molar-refractivity contribution in [1.29, 1.82) is 0 Å². The molecule has 0 spiro atoms. The third-order valence-electron chi connectivity index (χ3n) is 7.24. The normalized spacial score (nSPS) is 26.0. The van der Waals surface area contributed by atoms with E-state index in [1.54, 1.807) is 19.1 Å². The molecule has 0 bridgehead atoms. The van der Waals surface area contributed by atoms with Gasteiger partial charge in [-0.15, -0.1) is 0 Å². The van der Waals surface area contributed by atoms with Gasteiger partial charge in [-0.2, -0.15) is 0 Å². The van der Waals surface area contributed by atoms with Crippen molar-refractivity contribution in [3.05, 3.63) is 41.5 Å². The van der Waals surface area contributed by atoms with E-state index >= 15 is 0 Å². The number of aliphatic hydroxyl groups is 2. The van der Waals surface area contributed by atoms with E-state index in [4.69, 9.17) is 4.74 Å². The number of nitrogens with zero attached hydrogens (tertiary/aromatic N) is 1. The molecule has 4 unspecified atom stereocenters. The molecule has 1 heterocycles. The van der Waals surface area contributed by atoms with Crippen LogP contribution in [0.3, 0.4) is 0 Å². The van der Waals surface area contributed by atoms with E-state index in [0.717, 1.165) is 37.7 Å². The minimum Gasteiger partial charge on any atom is -0.486 e. The third-order valence-corrected chi connectivity index (χ3v) is 7.24. The maximum absolute atomic E-state index is 13.2. The molecule has 1 aliphatic heterocycles. The van der Waals surface area contributed by atoms with E-state index in [0.29, 0.717) is 17.9 Å². The number of amides is 2. The van der Waals surface area contributed by atoms with Gasteiger partial charge in [-0.05, 0) is 30.9 Å². The zero-order valence-electron chi connectivity index (χ0n) is 19.6. The number of ether oxygens (including phenoxy) is 1. The zero-order chi connectivity index (χ0) is 24.2. The van der Waals surface area contributed by atoms with Gasteiger partial charge in [0.05, 0.1) is 18.6 Å². The van der Waals surface area contributed by atoms with Crippen molar-refractivity contribution >= 4 is 17.6 Å². The van der Waals surface area contributed by atoms with E-state index in [-0.39, 0.29) is 31.4 Å². The van der Waals surface area contributed by atoms with Gasteiger partial charge in [-0.3, -0.25) is 14.4 Å². The zero-order valence-corrected chi connectivity index (χ0v) is 19.6. The topological polar surface area (TPSA) is 116 Å². The Kier molecular flexibility index (Phi) is 7.68. The van der Waals surface area contributed by atoms with Crippen LogP contribution in [-0.2, 0) is 14.4 Å². The number of hydrogen-bond donors (Lipinski definition) is 3. The first-order valence-electron chi connectivity index (χ1n) is 12.3. The second kappa shape index (κ2) is 10.7. The Balaban J connectivity index is 1.73. The number of nitrogens with one attached hydrogen (secondary N) is 1. The molecule has 1 aromatic rings. The van der Waals surface area contributed by atoms with Gasteiger partial charge in [0.15, 0.2) is 0 Å². The molecular formula is C26H34N2O6. The first kappa shape index (κ1) is 24.4. The molecule has 0 aromatic heterocycles. The van der Waals surface area contributed by atoms with Crippen LogP contribution in [0.4, 0.5) is 0 Å². The highest BCUT2D eigenvalue weighted by molar-refractivity contribution is 6.36. The van der Waals surface area contributed by atoms with Gasteiger partial charge in [0.1, 0.15) is 18.0 Å². The number of ketones is 1. The fraction of sp³-hybridized carbons (Fsp3) is 0.577. The molecule has 0 radical (unpaired) electrons. The van der Waals surface area contributed by atoms with Crippen molar-refractivity contribution in [2.45, 2.75) is 69.6 Å². The summed E-state index contributed by atoms with van der Waals surface area (Å²) < 4.78 is 6.10. The summed E-state index contributed by atoms with van der Waals surface area (Å²) >= 11 is 0. The van der Waals surface area contributed by atoms with Gasteiger partial charge < -0.3 is 25.2 Å². The largest absolute Gasteiger partial charge is 0.486 e. The molecule has 4 rings (SSSR count).